The number of halogens is 1. The highest BCUT2D eigenvalue weighted by Crippen LogP contribution is 2.23. The van der Waals surface area contributed by atoms with Crippen LogP contribution in [0.4, 0.5) is 0 Å². The summed E-state index contributed by atoms with van der Waals surface area (Å²) in [6.45, 7) is 4.09. The second-order valence-corrected chi connectivity index (χ2v) is 5.88. The SMILES string of the molecule is CC(C)C(NC(=O)c1cccc(C#N)c1)c1ccc(Cl)cc1. The highest BCUT2D eigenvalue weighted by Gasteiger charge is 2.19. The number of nitriles is 1. The highest BCUT2D eigenvalue weighted by molar-refractivity contribution is 6.30. The molecule has 2 aromatic carbocycles. The van der Waals surface area contributed by atoms with E-state index in [4.69, 9.17) is 16.9 Å². The van der Waals surface area contributed by atoms with Crippen molar-refractivity contribution in [3.8, 4) is 6.07 Å². The van der Waals surface area contributed by atoms with Crippen molar-refractivity contribution in [2.24, 2.45) is 5.92 Å². The topological polar surface area (TPSA) is 52.9 Å². The van der Waals surface area contributed by atoms with E-state index in [0.29, 0.717) is 16.1 Å². The molecule has 2 aromatic rings. The number of hydrogen-bond donors (Lipinski definition) is 1. The van der Waals surface area contributed by atoms with Crippen molar-refractivity contribution in [1.29, 1.82) is 5.26 Å². The van der Waals surface area contributed by atoms with Gasteiger partial charge in [0.05, 0.1) is 17.7 Å². The minimum Gasteiger partial charge on any atom is -0.345 e. The summed E-state index contributed by atoms with van der Waals surface area (Å²) in [5.74, 6) is 0.0371. The molecule has 0 radical (unpaired) electrons. The molecule has 0 saturated carbocycles. The Morgan fingerprint density at radius 1 is 1.18 bits per heavy atom. The third-order valence-electron chi connectivity index (χ3n) is 3.44. The molecule has 4 heteroatoms. The second-order valence-electron chi connectivity index (χ2n) is 5.44. The number of nitrogens with zero attached hydrogens (tertiary/aromatic N) is 1. The van der Waals surface area contributed by atoms with Crippen LogP contribution < -0.4 is 5.32 Å². The molecule has 0 aliphatic carbocycles. The lowest BCUT2D eigenvalue weighted by Gasteiger charge is -2.23. The van der Waals surface area contributed by atoms with Gasteiger partial charge in [-0.05, 0) is 41.8 Å². The fraction of sp³-hybridized carbons (Fsp3) is 0.222. The average molecular weight is 313 g/mol. The van der Waals surface area contributed by atoms with Gasteiger partial charge >= 0.3 is 0 Å². The van der Waals surface area contributed by atoms with E-state index in [9.17, 15) is 4.79 Å². The predicted octanol–water partition coefficient (Wildman–Crippen LogP) is 4.34. The van der Waals surface area contributed by atoms with Gasteiger partial charge in [0.25, 0.3) is 5.91 Å². The molecule has 0 fully saturated rings. The molecule has 0 saturated heterocycles. The summed E-state index contributed by atoms with van der Waals surface area (Å²) < 4.78 is 0. The monoisotopic (exact) mass is 312 g/mol. The summed E-state index contributed by atoms with van der Waals surface area (Å²) in [4.78, 5) is 12.4. The maximum Gasteiger partial charge on any atom is 0.251 e. The number of nitrogens with one attached hydrogen (secondary N) is 1. The first kappa shape index (κ1) is 16.1. The summed E-state index contributed by atoms with van der Waals surface area (Å²) in [5.41, 5.74) is 1.96. The number of carbonyl (C=O) groups is 1. The Morgan fingerprint density at radius 3 is 2.45 bits per heavy atom. The maximum atomic E-state index is 12.4. The quantitative estimate of drug-likeness (QED) is 0.913. The van der Waals surface area contributed by atoms with E-state index in [1.54, 1.807) is 24.3 Å². The lowest BCUT2D eigenvalue weighted by molar-refractivity contribution is 0.0925. The van der Waals surface area contributed by atoms with E-state index in [1.165, 1.54) is 0 Å². The van der Waals surface area contributed by atoms with Crippen molar-refractivity contribution in [2.45, 2.75) is 19.9 Å². The Bertz CT molecular complexity index is 702. The van der Waals surface area contributed by atoms with Crippen LogP contribution in [-0.4, -0.2) is 5.91 Å². The van der Waals surface area contributed by atoms with Gasteiger partial charge < -0.3 is 5.32 Å². The standard InChI is InChI=1S/C18H17ClN2O/c1-12(2)17(14-6-8-16(19)9-7-14)21-18(22)15-5-3-4-13(10-15)11-20/h3-10,12,17H,1-2H3,(H,21,22). The van der Waals surface area contributed by atoms with Gasteiger partial charge in [-0.15, -0.1) is 0 Å². The first-order valence-corrected chi connectivity index (χ1v) is 7.45. The van der Waals surface area contributed by atoms with Crippen LogP contribution in [0.3, 0.4) is 0 Å². The molecule has 0 aliphatic heterocycles. The molecule has 22 heavy (non-hydrogen) atoms. The molecule has 1 atom stereocenters. The second kappa shape index (κ2) is 7.11. The van der Waals surface area contributed by atoms with Crippen LogP contribution in [0.2, 0.25) is 5.02 Å². The molecule has 0 heterocycles. The van der Waals surface area contributed by atoms with Crippen molar-refractivity contribution >= 4 is 17.5 Å². The first-order valence-electron chi connectivity index (χ1n) is 7.07. The molecule has 1 N–H and O–H groups in total. The van der Waals surface area contributed by atoms with Crippen molar-refractivity contribution in [3.05, 3.63) is 70.2 Å². The number of carbonyl (C=O) groups excluding carboxylic acids is 1. The summed E-state index contributed by atoms with van der Waals surface area (Å²) >= 11 is 5.91. The van der Waals surface area contributed by atoms with E-state index in [-0.39, 0.29) is 17.9 Å². The van der Waals surface area contributed by atoms with Crippen molar-refractivity contribution in [3.63, 3.8) is 0 Å². The largest absolute Gasteiger partial charge is 0.345 e. The van der Waals surface area contributed by atoms with Crippen LogP contribution in [0.5, 0.6) is 0 Å². The van der Waals surface area contributed by atoms with E-state index in [1.807, 2.05) is 44.2 Å². The molecule has 112 valence electrons. The molecule has 0 aromatic heterocycles. The maximum absolute atomic E-state index is 12.4. The molecule has 0 bridgehead atoms. The molecule has 0 spiro atoms. The Kier molecular flexibility index (Phi) is 5.19. The Hall–Kier alpha value is -2.31. The van der Waals surface area contributed by atoms with Gasteiger partial charge in [0.1, 0.15) is 0 Å². The number of rotatable bonds is 4. The minimum absolute atomic E-state index is 0.115. The smallest absolute Gasteiger partial charge is 0.251 e. The fourth-order valence-corrected chi connectivity index (χ4v) is 2.39. The van der Waals surface area contributed by atoms with E-state index in [0.717, 1.165) is 5.56 Å². The summed E-state index contributed by atoms with van der Waals surface area (Å²) in [6.07, 6.45) is 0. The first-order chi connectivity index (χ1) is 10.5. The van der Waals surface area contributed by atoms with Crippen LogP contribution in [0.15, 0.2) is 48.5 Å². The average Bonchev–Trinajstić information content (AvgIpc) is 2.53. The predicted molar refractivity (Wildman–Crippen MR) is 87.7 cm³/mol. The summed E-state index contributed by atoms with van der Waals surface area (Å²) in [7, 11) is 0. The number of amides is 1. The van der Waals surface area contributed by atoms with Crippen LogP contribution in [0.25, 0.3) is 0 Å². The molecule has 3 nitrogen and oxygen atoms in total. The van der Waals surface area contributed by atoms with Gasteiger partial charge in [0.2, 0.25) is 0 Å². The van der Waals surface area contributed by atoms with Crippen LogP contribution in [0.1, 0.15) is 41.4 Å². The molecular formula is C18H17ClN2O. The summed E-state index contributed by atoms with van der Waals surface area (Å²) in [6, 6.07) is 16.1. The highest BCUT2D eigenvalue weighted by atomic mass is 35.5. The van der Waals surface area contributed by atoms with Crippen molar-refractivity contribution in [2.75, 3.05) is 0 Å². The lowest BCUT2D eigenvalue weighted by atomic mass is 9.95. The fourth-order valence-electron chi connectivity index (χ4n) is 2.26. The van der Waals surface area contributed by atoms with Gasteiger partial charge in [-0.1, -0.05) is 43.6 Å². The third kappa shape index (κ3) is 3.87. The lowest BCUT2D eigenvalue weighted by Crippen LogP contribution is -2.31. The number of benzene rings is 2. The van der Waals surface area contributed by atoms with Gasteiger partial charge in [-0.25, -0.2) is 0 Å². The van der Waals surface area contributed by atoms with E-state index in [2.05, 4.69) is 5.32 Å². The van der Waals surface area contributed by atoms with E-state index >= 15 is 0 Å². The number of hydrogen-bond acceptors (Lipinski definition) is 2. The van der Waals surface area contributed by atoms with E-state index < -0.39 is 0 Å². The molecular weight excluding hydrogens is 296 g/mol. The van der Waals surface area contributed by atoms with Crippen LogP contribution in [-0.2, 0) is 0 Å². The third-order valence-corrected chi connectivity index (χ3v) is 3.69. The Labute approximate surface area is 135 Å². The molecule has 0 aliphatic rings. The van der Waals surface area contributed by atoms with Gasteiger partial charge in [0, 0.05) is 10.6 Å². The molecule has 1 amide bonds. The van der Waals surface area contributed by atoms with Gasteiger partial charge in [0.15, 0.2) is 0 Å². The minimum atomic E-state index is -0.189. The normalized spacial score (nSPS) is 11.8. The zero-order chi connectivity index (χ0) is 16.1. The van der Waals surface area contributed by atoms with Gasteiger partial charge in [-0.2, -0.15) is 5.26 Å². The zero-order valence-corrected chi connectivity index (χ0v) is 13.3. The zero-order valence-electron chi connectivity index (χ0n) is 12.5. The van der Waals surface area contributed by atoms with Crippen LogP contribution >= 0.6 is 11.6 Å². The van der Waals surface area contributed by atoms with Gasteiger partial charge in [-0.3, -0.25) is 4.79 Å². The van der Waals surface area contributed by atoms with Crippen LogP contribution in [0, 0.1) is 17.2 Å². The Balaban J connectivity index is 2.22. The Morgan fingerprint density at radius 2 is 1.86 bits per heavy atom. The molecule has 2 rings (SSSR count). The summed E-state index contributed by atoms with van der Waals surface area (Å²) in [5, 5.41) is 12.6. The van der Waals surface area contributed by atoms with Crippen molar-refractivity contribution < 1.29 is 4.79 Å². The van der Waals surface area contributed by atoms with Crippen molar-refractivity contribution in [1.82, 2.24) is 5.32 Å². The molecule has 1 unspecified atom stereocenters.